The van der Waals surface area contributed by atoms with Gasteiger partial charge >= 0.3 is 0 Å². The monoisotopic (exact) mass is 365 g/mol. The molecule has 0 aliphatic rings. The molecule has 2 aromatic carbocycles. The van der Waals surface area contributed by atoms with Crippen molar-refractivity contribution in [2.24, 2.45) is 0 Å². The number of benzene rings is 2. The average Bonchev–Trinajstić information content (AvgIpc) is 2.36. The number of halogens is 4. The zero-order chi connectivity index (χ0) is 14.9. The molecule has 0 amide bonds. The zero-order valence-corrected chi connectivity index (χ0v) is 12.1. The van der Waals surface area contributed by atoms with Crippen LogP contribution in [-0.2, 0) is 10.0 Å². The number of hydrogen-bond acceptors (Lipinski definition) is 2. The van der Waals surface area contributed by atoms with Gasteiger partial charge in [0.05, 0.1) is 10.2 Å². The van der Waals surface area contributed by atoms with Crippen molar-refractivity contribution < 1.29 is 21.6 Å². The van der Waals surface area contributed by atoms with Gasteiger partial charge in [-0.25, -0.2) is 21.6 Å². The molecule has 0 heterocycles. The quantitative estimate of drug-likeness (QED) is 0.843. The molecule has 0 aromatic heterocycles. The second kappa shape index (κ2) is 5.45. The predicted octanol–water partition coefficient (Wildman–Crippen LogP) is 3.67. The van der Waals surface area contributed by atoms with Gasteiger partial charge in [0, 0.05) is 6.07 Å². The van der Waals surface area contributed by atoms with Gasteiger partial charge in [-0.1, -0.05) is 12.1 Å². The number of sulfonamides is 1. The Kier molecular flexibility index (Phi) is 4.05. The molecule has 0 atom stereocenters. The third kappa shape index (κ3) is 2.96. The molecule has 20 heavy (non-hydrogen) atoms. The minimum Gasteiger partial charge on any atom is -0.276 e. The first-order valence-corrected chi connectivity index (χ1v) is 7.51. The van der Waals surface area contributed by atoms with Crippen molar-refractivity contribution in [3.05, 3.63) is 58.3 Å². The molecule has 2 rings (SSSR count). The van der Waals surface area contributed by atoms with Gasteiger partial charge in [0.1, 0.15) is 22.3 Å². The second-order valence-corrected chi connectivity index (χ2v) is 6.29. The molecular formula is C12H7BrF3NO2S. The van der Waals surface area contributed by atoms with Crippen LogP contribution in [0.2, 0.25) is 0 Å². The van der Waals surface area contributed by atoms with E-state index in [0.717, 1.165) is 18.2 Å². The molecule has 0 bridgehead atoms. The Labute approximate surface area is 121 Å². The minimum atomic E-state index is -4.34. The van der Waals surface area contributed by atoms with Crippen LogP contribution in [0.1, 0.15) is 0 Å². The first-order chi connectivity index (χ1) is 9.31. The van der Waals surface area contributed by atoms with E-state index in [1.165, 1.54) is 12.1 Å². The molecule has 3 nitrogen and oxygen atoms in total. The van der Waals surface area contributed by atoms with Gasteiger partial charge in [-0.15, -0.1) is 0 Å². The highest BCUT2D eigenvalue weighted by Gasteiger charge is 2.21. The maximum Gasteiger partial charge on any atom is 0.264 e. The van der Waals surface area contributed by atoms with Crippen LogP contribution in [0.3, 0.4) is 0 Å². The van der Waals surface area contributed by atoms with Crippen molar-refractivity contribution in [1.82, 2.24) is 0 Å². The van der Waals surface area contributed by atoms with Crippen LogP contribution in [0, 0.1) is 17.5 Å². The van der Waals surface area contributed by atoms with Gasteiger partial charge in [0.2, 0.25) is 0 Å². The van der Waals surface area contributed by atoms with Crippen LogP contribution in [0.4, 0.5) is 18.9 Å². The van der Waals surface area contributed by atoms with Gasteiger partial charge in [0.15, 0.2) is 0 Å². The van der Waals surface area contributed by atoms with Gasteiger partial charge < -0.3 is 0 Å². The van der Waals surface area contributed by atoms with Crippen LogP contribution in [0.5, 0.6) is 0 Å². The molecule has 1 N–H and O–H groups in total. The van der Waals surface area contributed by atoms with E-state index in [-0.39, 0.29) is 4.47 Å². The van der Waals surface area contributed by atoms with Crippen LogP contribution in [0.15, 0.2) is 45.8 Å². The van der Waals surface area contributed by atoms with Crippen molar-refractivity contribution in [2.45, 2.75) is 4.90 Å². The topological polar surface area (TPSA) is 46.2 Å². The number of rotatable bonds is 3. The Morgan fingerprint density at radius 3 is 2.25 bits per heavy atom. The summed E-state index contributed by atoms with van der Waals surface area (Å²) in [5.41, 5.74) is -0.603. The van der Waals surface area contributed by atoms with E-state index >= 15 is 0 Å². The normalized spacial score (nSPS) is 11.4. The van der Waals surface area contributed by atoms with Crippen LogP contribution in [-0.4, -0.2) is 8.42 Å². The summed E-state index contributed by atoms with van der Waals surface area (Å²) >= 11 is 2.76. The van der Waals surface area contributed by atoms with Gasteiger partial charge in [-0.2, -0.15) is 0 Å². The largest absolute Gasteiger partial charge is 0.276 e. The van der Waals surface area contributed by atoms with Crippen LogP contribution < -0.4 is 4.72 Å². The Bertz CT molecular complexity index is 765. The summed E-state index contributed by atoms with van der Waals surface area (Å²) in [4.78, 5) is -0.650. The summed E-state index contributed by atoms with van der Waals surface area (Å²) < 4.78 is 65.8. The third-order valence-corrected chi connectivity index (χ3v) is 4.39. The predicted molar refractivity (Wildman–Crippen MR) is 71.3 cm³/mol. The fraction of sp³-hybridized carbons (Fsp3) is 0. The van der Waals surface area contributed by atoms with E-state index in [4.69, 9.17) is 0 Å². The average molecular weight is 366 g/mol. The summed E-state index contributed by atoms with van der Waals surface area (Å²) in [6.45, 7) is 0. The molecule has 0 aliphatic heterocycles. The summed E-state index contributed by atoms with van der Waals surface area (Å²) in [7, 11) is -4.34. The molecule has 0 spiro atoms. The standard InChI is InChI=1S/C12H7BrF3NO2S/c13-7-5-10(16)11(6-9(7)15)17-20(18,19)12-4-2-1-3-8(12)14/h1-6,17H. The van der Waals surface area contributed by atoms with Crippen molar-refractivity contribution >= 4 is 31.6 Å². The molecule has 8 heteroatoms. The Morgan fingerprint density at radius 2 is 1.60 bits per heavy atom. The summed E-state index contributed by atoms with van der Waals surface area (Å²) in [5.74, 6) is -2.83. The maximum absolute atomic E-state index is 13.6. The summed E-state index contributed by atoms with van der Waals surface area (Å²) in [6.07, 6.45) is 0. The van der Waals surface area contributed by atoms with Crippen molar-refractivity contribution in [3.8, 4) is 0 Å². The van der Waals surface area contributed by atoms with E-state index < -0.39 is 38.1 Å². The summed E-state index contributed by atoms with van der Waals surface area (Å²) in [5, 5.41) is 0. The Hall–Kier alpha value is -1.54. The first-order valence-electron chi connectivity index (χ1n) is 5.23. The molecule has 0 saturated heterocycles. The van der Waals surface area contributed by atoms with E-state index in [1.54, 1.807) is 0 Å². The Morgan fingerprint density at radius 1 is 0.950 bits per heavy atom. The molecular weight excluding hydrogens is 359 g/mol. The number of anilines is 1. The highest BCUT2D eigenvalue weighted by atomic mass is 79.9. The second-order valence-electron chi connectivity index (χ2n) is 3.78. The lowest BCUT2D eigenvalue weighted by molar-refractivity contribution is 0.569. The van der Waals surface area contributed by atoms with Crippen molar-refractivity contribution in [1.29, 1.82) is 0 Å². The van der Waals surface area contributed by atoms with Crippen molar-refractivity contribution in [2.75, 3.05) is 4.72 Å². The molecule has 0 unspecified atom stereocenters. The number of nitrogens with one attached hydrogen (secondary N) is 1. The zero-order valence-electron chi connectivity index (χ0n) is 9.70. The fourth-order valence-electron chi connectivity index (χ4n) is 1.46. The lowest BCUT2D eigenvalue weighted by Gasteiger charge is -2.10. The highest BCUT2D eigenvalue weighted by Crippen LogP contribution is 2.26. The van der Waals surface area contributed by atoms with E-state index in [0.29, 0.717) is 6.07 Å². The molecule has 0 aliphatic carbocycles. The van der Waals surface area contributed by atoms with Gasteiger partial charge in [-0.05, 0) is 34.1 Å². The van der Waals surface area contributed by atoms with Crippen molar-refractivity contribution in [3.63, 3.8) is 0 Å². The van der Waals surface area contributed by atoms with Gasteiger partial charge in [-0.3, -0.25) is 4.72 Å². The van der Waals surface area contributed by atoms with E-state index in [1.807, 2.05) is 4.72 Å². The summed E-state index contributed by atoms with van der Waals surface area (Å²) in [6, 6.07) is 6.04. The van der Waals surface area contributed by atoms with E-state index in [9.17, 15) is 21.6 Å². The van der Waals surface area contributed by atoms with Gasteiger partial charge in [0.25, 0.3) is 10.0 Å². The third-order valence-electron chi connectivity index (χ3n) is 2.38. The molecule has 0 saturated carbocycles. The first kappa shape index (κ1) is 14.9. The number of hydrogen-bond donors (Lipinski definition) is 1. The smallest absolute Gasteiger partial charge is 0.264 e. The fourth-order valence-corrected chi connectivity index (χ4v) is 2.92. The Balaban J connectivity index is 2.44. The lowest BCUT2D eigenvalue weighted by Crippen LogP contribution is -2.15. The maximum atomic E-state index is 13.6. The SMILES string of the molecule is O=S(=O)(Nc1cc(F)c(Br)cc1F)c1ccccc1F. The molecule has 106 valence electrons. The highest BCUT2D eigenvalue weighted by molar-refractivity contribution is 9.10. The molecule has 2 aromatic rings. The minimum absolute atomic E-state index is 0.149. The van der Waals surface area contributed by atoms with Crippen LogP contribution >= 0.6 is 15.9 Å². The molecule has 0 fully saturated rings. The molecule has 0 radical (unpaired) electrons. The lowest BCUT2D eigenvalue weighted by atomic mass is 10.3. The van der Waals surface area contributed by atoms with Crippen LogP contribution in [0.25, 0.3) is 0 Å². The van der Waals surface area contributed by atoms with E-state index in [2.05, 4.69) is 15.9 Å².